The van der Waals surface area contributed by atoms with Crippen molar-refractivity contribution in [2.45, 2.75) is 25.7 Å². The molecule has 0 aromatic heterocycles. The zero-order valence-corrected chi connectivity index (χ0v) is 11.8. The molecule has 4 heteroatoms. The van der Waals surface area contributed by atoms with Gasteiger partial charge in [-0.05, 0) is 29.2 Å². The molecule has 0 radical (unpaired) electrons. The monoisotopic (exact) mass is 285 g/mol. The molecule has 2 aromatic carbocycles. The van der Waals surface area contributed by atoms with Crippen molar-refractivity contribution in [1.82, 2.24) is 5.32 Å². The summed E-state index contributed by atoms with van der Waals surface area (Å²) in [7, 11) is 0. The number of rotatable bonds is 7. The highest BCUT2D eigenvalue weighted by Gasteiger charge is 2.04. The van der Waals surface area contributed by atoms with E-state index >= 15 is 0 Å². The van der Waals surface area contributed by atoms with Gasteiger partial charge in [0.05, 0.1) is 6.42 Å². The van der Waals surface area contributed by atoms with Gasteiger partial charge < -0.3 is 10.4 Å². The van der Waals surface area contributed by atoms with Crippen LogP contribution in [0.5, 0.6) is 0 Å². The highest BCUT2D eigenvalue weighted by atomic mass is 16.4. The number of hydrogen-bond acceptors (Lipinski definition) is 2. The molecule has 0 aliphatic rings. The molecule has 0 atom stereocenters. The van der Waals surface area contributed by atoms with Crippen LogP contribution in [-0.4, -0.2) is 23.5 Å². The second kappa shape index (κ2) is 7.43. The fraction of sp³-hybridized carbons (Fsp3) is 0.294. The number of nitrogens with one attached hydrogen (secondary N) is 1. The molecule has 4 nitrogen and oxygen atoms in total. The Bertz CT molecular complexity index is 637. The Morgan fingerprint density at radius 3 is 2.52 bits per heavy atom. The van der Waals surface area contributed by atoms with Crippen LogP contribution in [0.15, 0.2) is 42.5 Å². The maximum absolute atomic E-state index is 11.8. The Balaban J connectivity index is 1.80. The number of carboxylic acid groups (broad SMARTS) is 1. The number of carbonyl (C=O) groups is 2. The van der Waals surface area contributed by atoms with Gasteiger partial charge in [-0.25, -0.2) is 0 Å². The molecular weight excluding hydrogens is 266 g/mol. The third-order valence-electron chi connectivity index (χ3n) is 3.32. The second-order valence-electron chi connectivity index (χ2n) is 5.06. The molecule has 0 heterocycles. The van der Waals surface area contributed by atoms with Crippen molar-refractivity contribution in [2.75, 3.05) is 6.54 Å². The van der Waals surface area contributed by atoms with Gasteiger partial charge in [0.15, 0.2) is 0 Å². The lowest BCUT2D eigenvalue weighted by molar-refractivity contribution is -0.137. The molecule has 21 heavy (non-hydrogen) atoms. The average Bonchev–Trinajstić information content (AvgIpc) is 2.46. The lowest BCUT2D eigenvalue weighted by Gasteiger charge is -2.06. The zero-order valence-electron chi connectivity index (χ0n) is 11.8. The molecule has 2 rings (SSSR count). The molecule has 110 valence electrons. The van der Waals surface area contributed by atoms with Crippen molar-refractivity contribution < 1.29 is 14.7 Å². The standard InChI is InChI=1S/C17H19NO3/c19-16(18-10-4-3-7-17(20)21)12-13-8-9-14-5-1-2-6-15(14)11-13/h1-2,5-6,8-9,11H,3-4,7,10,12H2,(H,18,19)(H,20,21). The number of amides is 1. The number of benzene rings is 2. The Labute approximate surface area is 123 Å². The van der Waals surface area contributed by atoms with E-state index in [4.69, 9.17) is 5.11 Å². The smallest absolute Gasteiger partial charge is 0.303 e. The summed E-state index contributed by atoms with van der Waals surface area (Å²) in [5, 5.41) is 13.6. The van der Waals surface area contributed by atoms with Gasteiger partial charge in [0.25, 0.3) is 0 Å². The van der Waals surface area contributed by atoms with Gasteiger partial charge >= 0.3 is 5.97 Å². The van der Waals surface area contributed by atoms with Gasteiger partial charge in [0, 0.05) is 13.0 Å². The van der Waals surface area contributed by atoms with Crippen molar-refractivity contribution in [1.29, 1.82) is 0 Å². The lowest BCUT2D eigenvalue weighted by atomic mass is 10.0. The first kappa shape index (κ1) is 15.0. The number of unbranched alkanes of at least 4 members (excludes halogenated alkanes) is 1. The molecule has 0 saturated carbocycles. The van der Waals surface area contributed by atoms with Gasteiger partial charge in [-0.15, -0.1) is 0 Å². The summed E-state index contributed by atoms with van der Waals surface area (Å²) in [6, 6.07) is 14.1. The van der Waals surface area contributed by atoms with Crippen LogP contribution in [0.1, 0.15) is 24.8 Å². The van der Waals surface area contributed by atoms with E-state index in [1.54, 1.807) is 0 Å². The molecule has 0 aliphatic heterocycles. The summed E-state index contributed by atoms with van der Waals surface area (Å²) in [6.45, 7) is 0.527. The first-order valence-electron chi connectivity index (χ1n) is 7.11. The summed E-state index contributed by atoms with van der Waals surface area (Å²) in [6.07, 6.45) is 1.78. The van der Waals surface area contributed by atoms with Crippen molar-refractivity contribution in [3.8, 4) is 0 Å². The van der Waals surface area contributed by atoms with Crippen LogP contribution in [0.25, 0.3) is 10.8 Å². The normalized spacial score (nSPS) is 10.5. The third kappa shape index (κ3) is 4.91. The maximum atomic E-state index is 11.8. The van der Waals surface area contributed by atoms with Crippen LogP contribution in [0, 0.1) is 0 Å². The minimum atomic E-state index is -0.794. The van der Waals surface area contributed by atoms with E-state index in [1.165, 1.54) is 0 Å². The van der Waals surface area contributed by atoms with E-state index in [1.807, 2.05) is 42.5 Å². The Hall–Kier alpha value is -2.36. The van der Waals surface area contributed by atoms with Crippen molar-refractivity contribution in [2.24, 2.45) is 0 Å². The van der Waals surface area contributed by atoms with Crippen LogP contribution in [0.3, 0.4) is 0 Å². The third-order valence-corrected chi connectivity index (χ3v) is 3.32. The number of aliphatic carboxylic acids is 1. The summed E-state index contributed by atoms with van der Waals surface area (Å²) in [4.78, 5) is 22.2. The van der Waals surface area contributed by atoms with E-state index in [2.05, 4.69) is 5.32 Å². The Morgan fingerprint density at radius 2 is 1.76 bits per heavy atom. The van der Waals surface area contributed by atoms with Crippen molar-refractivity contribution >= 4 is 22.6 Å². The number of hydrogen-bond donors (Lipinski definition) is 2. The summed E-state index contributed by atoms with van der Waals surface area (Å²) in [5.74, 6) is -0.821. The van der Waals surface area contributed by atoms with Crippen LogP contribution >= 0.6 is 0 Å². The second-order valence-corrected chi connectivity index (χ2v) is 5.06. The molecule has 0 bridgehead atoms. The molecule has 2 N–H and O–H groups in total. The first-order chi connectivity index (χ1) is 10.1. The van der Waals surface area contributed by atoms with Gasteiger partial charge in [-0.2, -0.15) is 0 Å². The summed E-state index contributed by atoms with van der Waals surface area (Å²) in [5.41, 5.74) is 0.983. The van der Waals surface area contributed by atoms with Crippen LogP contribution in [-0.2, 0) is 16.0 Å². The lowest BCUT2D eigenvalue weighted by Crippen LogP contribution is -2.26. The van der Waals surface area contributed by atoms with E-state index in [-0.39, 0.29) is 12.3 Å². The minimum Gasteiger partial charge on any atom is -0.481 e. The SMILES string of the molecule is O=C(O)CCCCNC(=O)Cc1ccc2ccccc2c1. The van der Waals surface area contributed by atoms with E-state index < -0.39 is 5.97 Å². The average molecular weight is 285 g/mol. The van der Waals surface area contributed by atoms with Crippen molar-refractivity contribution in [3.05, 3.63) is 48.0 Å². The molecule has 2 aromatic rings. The fourth-order valence-corrected chi connectivity index (χ4v) is 2.23. The molecule has 0 unspecified atom stereocenters. The Morgan fingerprint density at radius 1 is 1.00 bits per heavy atom. The summed E-state index contributed by atoms with van der Waals surface area (Å²) >= 11 is 0. The number of fused-ring (bicyclic) bond motifs is 1. The van der Waals surface area contributed by atoms with E-state index in [0.29, 0.717) is 25.8 Å². The topological polar surface area (TPSA) is 66.4 Å². The molecule has 0 fully saturated rings. The van der Waals surface area contributed by atoms with E-state index in [0.717, 1.165) is 16.3 Å². The first-order valence-corrected chi connectivity index (χ1v) is 7.11. The fourth-order valence-electron chi connectivity index (χ4n) is 2.23. The quantitative estimate of drug-likeness (QED) is 0.769. The van der Waals surface area contributed by atoms with Gasteiger partial charge in [0.1, 0.15) is 0 Å². The van der Waals surface area contributed by atoms with Crippen LogP contribution in [0.2, 0.25) is 0 Å². The van der Waals surface area contributed by atoms with E-state index in [9.17, 15) is 9.59 Å². The number of carbonyl (C=O) groups excluding carboxylic acids is 1. The molecule has 0 saturated heterocycles. The van der Waals surface area contributed by atoms with Gasteiger partial charge in [-0.3, -0.25) is 9.59 Å². The number of carboxylic acids is 1. The predicted molar refractivity (Wildman–Crippen MR) is 82.1 cm³/mol. The highest BCUT2D eigenvalue weighted by molar-refractivity contribution is 5.85. The van der Waals surface area contributed by atoms with Crippen LogP contribution < -0.4 is 5.32 Å². The largest absolute Gasteiger partial charge is 0.481 e. The van der Waals surface area contributed by atoms with Crippen molar-refractivity contribution in [3.63, 3.8) is 0 Å². The predicted octanol–water partition coefficient (Wildman–Crippen LogP) is 2.75. The zero-order chi connectivity index (χ0) is 15.1. The summed E-state index contributed by atoms with van der Waals surface area (Å²) < 4.78 is 0. The molecular formula is C17H19NO3. The molecule has 0 spiro atoms. The van der Waals surface area contributed by atoms with Crippen LogP contribution in [0.4, 0.5) is 0 Å². The maximum Gasteiger partial charge on any atom is 0.303 e. The molecule has 0 aliphatic carbocycles. The van der Waals surface area contributed by atoms with Gasteiger partial charge in [0.2, 0.25) is 5.91 Å². The van der Waals surface area contributed by atoms with Gasteiger partial charge in [-0.1, -0.05) is 42.5 Å². The Kier molecular flexibility index (Phi) is 5.32. The highest BCUT2D eigenvalue weighted by Crippen LogP contribution is 2.15. The minimum absolute atomic E-state index is 0.0272. The molecule has 1 amide bonds.